The van der Waals surface area contributed by atoms with Crippen LogP contribution in [-0.2, 0) is 11.2 Å². The molecule has 0 saturated carbocycles. The molecule has 0 unspecified atom stereocenters. The number of carbonyl (C=O) groups excluding carboxylic acids is 1. The summed E-state index contributed by atoms with van der Waals surface area (Å²) >= 11 is 5.54. The average Bonchev–Trinajstić information content (AvgIpc) is 2.32. The SMILES string of the molecule is Cc1ccc(C)c(CC(=O)N(CCCl)CC(F)F)c1. The highest BCUT2D eigenvalue weighted by molar-refractivity contribution is 6.18. The Labute approximate surface area is 117 Å². The summed E-state index contributed by atoms with van der Waals surface area (Å²) in [5.41, 5.74) is 2.91. The fourth-order valence-corrected chi connectivity index (χ4v) is 2.06. The van der Waals surface area contributed by atoms with Crippen molar-refractivity contribution in [3.8, 4) is 0 Å². The zero-order valence-electron chi connectivity index (χ0n) is 11.1. The molecule has 1 amide bonds. The predicted octanol–water partition coefficient (Wildman–Crippen LogP) is 3.18. The van der Waals surface area contributed by atoms with Crippen LogP contribution in [0.5, 0.6) is 0 Å². The highest BCUT2D eigenvalue weighted by Crippen LogP contribution is 2.13. The van der Waals surface area contributed by atoms with Gasteiger partial charge in [0.1, 0.15) is 0 Å². The molecule has 19 heavy (non-hydrogen) atoms. The van der Waals surface area contributed by atoms with Gasteiger partial charge in [-0.3, -0.25) is 4.79 Å². The van der Waals surface area contributed by atoms with E-state index in [1.165, 1.54) is 0 Å². The Kier molecular flexibility index (Phi) is 6.22. The van der Waals surface area contributed by atoms with Gasteiger partial charge in [-0.2, -0.15) is 0 Å². The van der Waals surface area contributed by atoms with E-state index in [1.54, 1.807) is 0 Å². The number of alkyl halides is 3. The molecule has 0 N–H and O–H groups in total. The first kappa shape index (κ1) is 15.9. The summed E-state index contributed by atoms with van der Waals surface area (Å²) in [5, 5.41) is 0. The van der Waals surface area contributed by atoms with E-state index in [1.807, 2.05) is 32.0 Å². The third kappa shape index (κ3) is 5.15. The molecule has 0 fully saturated rings. The third-order valence-electron chi connectivity index (χ3n) is 2.91. The van der Waals surface area contributed by atoms with Crippen LogP contribution in [0.25, 0.3) is 0 Å². The van der Waals surface area contributed by atoms with Crippen molar-refractivity contribution in [2.75, 3.05) is 19.0 Å². The van der Waals surface area contributed by atoms with E-state index in [-0.39, 0.29) is 24.8 Å². The summed E-state index contributed by atoms with van der Waals surface area (Å²) in [4.78, 5) is 13.2. The Bertz CT molecular complexity index is 437. The summed E-state index contributed by atoms with van der Waals surface area (Å²) in [7, 11) is 0. The molecular weight excluding hydrogens is 272 g/mol. The molecule has 1 aromatic rings. The number of carbonyl (C=O) groups is 1. The lowest BCUT2D eigenvalue weighted by atomic mass is 10.0. The van der Waals surface area contributed by atoms with Crippen LogP contribution in [0.3, 0.4) is 0 Å². The first-order valence-corrected chi connectivity index (χ1v) is 6.65. The van der Waals surface area contributed by atoms with Crippen molar-refractivity contribution in [2.45, 2.75) is 26.7 Å². The Morgan fingerprint density at radius 1 is 1.37 bits per heavy atom. The molecule has 2 nitrogen and oxygen atoms in total. The number of hydrogen-bond acceptors (Lipinski definition) is 1. The predicted molar refractivity (Wildman–Crippen MR) is 72.9 cm³/mol. The smallest absolute Gasteiger partial charge is 0.255 e. The summed E-state index contributed by atoms with van der Waals surface area (Å²) in [5.74, 6) is -0.153. The number of nitrogens with zero attached hydrogens (tertiary/aromatic N) is 1. The minimum Gasteiger partial charge on any atom is -0.335 e. The Morgan fingerprint density at radius 3 is 2.63 bits per heavy atom. The van der Waals surface area contributed by atoms with Crippen molar-refractivity contribution in [2.24, 2.45) is 0 Å². The molecule has 1 rings (SSSR count). The lowest BCUT2D eigenvalue weighted by Crippen LogP contribution is -2.37. The van der Waals surface area contributed by atoms with Gasteiger partial charge >= 0.3 is 0 Å². The number of halogens is 3. The summed E-state index contributed by atoms with van der Waals surface area (Å²) < 4.78 is 24.8. The molecule has 0 atom stereocenters. The quantitative estimate of drug-likeness (QED) is 0.737. The lowest BCUT2D eigenvalue weighted by Gasteiger charge is -2.21. The second kappa shape index (κ2) is 7.43. The first-order chi connectivity index (χ1) is 8.93. The van der Waals surface area contributed by atoms with Crippen LogP contribution in [0.1, 0.15) is 16.7 Å². The topological polar surface area (TPSA) is 20.3 Å². The second-order valence-electron chi connectivity index (χ2n) is 4.53. The van der Waals surface area contributed by atoms with Gasteiger partial charge in [-0.05, 0) is 25.0 Å². The molecule has 0 heterocycles. The molecule has 106 valence electrons. The molecule has 0 aliphatic rings. The molecular formula is C14H18ClF2NO. The van der Waals surface area contributed by atoms with E-state index in [4.69, 9.17) is 11.6 Å². The zero-order valence-corrected chi connectivity index (χ0v) is 11.9. The van der Waals surface area contributed by atoms with Crippen LogP contribution in [0.4, 0.5) is 8.78 Å². The van der Waals surface area contributed by atoms with Crippen molar-refractivity contribution < 1.29 is 13.6 Å². The Hall–Kier alpha value is -1.16. The van der Waals surface area contributed by atoms with Gasteiger partial charge in [0.05, 0.1) is 13.0 Å². The number of aryl methyl sites for hydroxylation is 2. The molecule has 0 radical (unpaired) electrons. The van der Waals surface area contributed by atoms with Crippen LogP contribution in [0, 0.1) is 13.8 Å². The molecule has 1 aromatic carbocycles. The van der Waals surface area contributed by atoms with E-state index in [0.29, 0.717) is 0 Å². The number of rotatable bonds is 6. The van der Waals surface area contributed by atoms with Crippen molar-refractivity contribution >= 4 is 17.5 Å². The maximum absolute atomic E-state index is 12.4. The van der Waals surface area contributed by atoms with Crippen molar-refractivity contribution in [1.82, 2.24) is 4.90 Å². The fourth-order valence-electron chi connectivity index (χ4n) is 1.85. The van der Waals surface area contributed by atoms with Crippen LogP contribution < -0.4 is 0 Å². The van der Waals surface area contributed by atoms with E-state index in [2.05, 4.69) is 0 Å². The molecule has 0 bridgehead atoms. The van der Waals surface area contributed by atoms with Gasteiger partial charge in [-0.1, -0.05) is 23.8 Å². The first-order valence-electron chi connectivity index (χ1n) is 6.12. The highest BCUT2D eigenvalue weighted by atomic mass is 35.5. The maximum atomic E-state index is 12.4. The summed E-state index contributed by atoms with van der Waals surface area (Å²) in [6.45, 7) is 3.43. The van der Waals surface area contributed by atoms with Gasteiger partial charge in [0, 0.05) is 12.4 Å². The van der Waals surface area contributed by atoms with E-state index < -0.39 is 13.0 Å². The van der Waals surface area contributed by atoms with E-state index >= 15 is 0 Å². The summed E-state index contributed by atoms with van der Waals surface area (Å²) in [6.07, 6.45) is -2.40. The highest BCUT2D eigenvalue weighted by Gasteiger charge is 2.18. The number of benzene rings is 1. The second-order valence-corrected chi connectivity index (χ2v) is 4.90. The number of hydrogen-bond donors (Lipinski definition) is 0. The molecule has 0 spiro atoms. The minimum absolute atomic E-state index is 0.136. The van der Waals surface area contributed by atoms with Crippen LogP contribution >= 0.6 is 11.6 Å². The van der Waals surface area contributed by atoms with E-state index in [0.717, 1.165) is 21.6 Å². The maximum Gasteiger partial charge on any atom is 0.255 e. The fraction of sp³-hybridized carbons (Fsp3) is 0.500. The Balaban J connectivity index is 2.77. The Morgan fingerprint density at radius 2 is 2.05 bits per heavy atom. The van der Waals surface area contributed by atoms with Crippen molar-refractivity contribution in [1.29, 1.82) is 0 Å². The van der Waals surface area contributed by atoms with Crippen LogP contribution in [-0.4, -0.2) is 36.2 Å². The molecule has 0 aromatic heterocycles. The molecule has 5 heteroatoms. The normalized spacial score (nSPS) is 10.8. The standard InChI is InChI=1S/C14H18ClF2NO/c1-10-3-4-11(2)12(7-10)8-14(19)18(6-5-15)9-13(16)17/h3-4,7,13H,5-6,8-9H2,1-2H3. The third-order valence-corrected chi connectivity index (χ3v) is 3.08. The van der Waals surface area contributed by atoms with Gasteiger partial charge in [-0.25, -0.2) is 8.78 Å². The van der Waals surface area contributed by atoms with Gasteiger partial charge in [-0.15, -0.1) is 11.6 Å². The number of amides is 1. The van der Waals surface area contributed by atoms with Gasteiger partial charge in [0.2, 0.25) is 5.91 Å². The van der Waals surface area contributed by atoms with Gasteiger partial charge < -0.3 is 4.90 Å². The van der Waals surface area contributed by atoms with Crippen molar-refractivity contribution in [3.63, 3.8) is 0 Å². The van der Waals surface area contributed by atoms with E-state index in [9.17, 15) is 13.6 Å². The van der Waals surface area contributed by atoms with Crippen molar-refractivity contribution in [3.05, 3.63) is 34.9 Å². The summed E-state index contributed by atoms with van der Waals surface area (Å²) in [6, 6.07) is 5.80. The van der Waals surface area contributed by atoms with Gasteiger partial charge in [0.15, 0.2) is 0 Å². The molecule has 0 aliphatic carbocycles. The largest absolute Gasteiger partial charge is 0.335 e. The monoisotopic (exact) mass is 289 g/mol. The minimum atomic E-state index is -2.54. The lowest BCUT2D eigenvalue weighted by molar-refractivity contribution is -0.132. The van der Waals surface area contributed by atoms with Crippen LogP contribution in [0.15, 0.2) is 18.2 Å². The van der Waals surface area contributed by atoms with Crippen LogP contribution in [0.2, 0.25) is 0 Å². The molecule has 0 saturated heterocycles. The van der Waals surface area contributed by atoms with Gasteiger partial charge in [0.25, 0.3) is 6.43 Å². The zero-order chi connectivity index (χ0) is 14.4. The molecule has 0 aliphatic heterocycles. The average molecular weight is 290 g/mol.